The summed E-state index contributed by atoms with van der Waals surface area (Å²) in [6, 6.07) is 9.49. The number of aromatic nitrogens is 2. The second-order valence-corrected chi connectivity index (χ2v) is 11.4. The molecule has 1 amide bonds. The average molecular weight is 585 g/mol. The number of hydrogen-bond acceptors (Lipinski definition) is 6. The van der Waals surface area contributed by atoms with Crippen LogP contribution in [-0.2, 0) is 15.5 Å². The van der Waals surface area contributed by atoms with Gasteiger partial charge in [0.15, 0.2) is 5.82 Å². The van der Waals surface area contributed by atoms with E-state index in [2.05, 4.69) is 27.6 Å². The molecular weight excluding hydrogens is 545 g/mol. The van der Waals surface area contributed by atoms with Crippen molar-refractivity contribution < 1.29 is 27.4 Å². The Kier molecular flexibility index (Phi) is 9.50. The molecule has 4 bridgehead atoms. The molecule has 0 saturated carbocycles. The number of amides is 1. The van der Waals surface area contributed by atoms with Crippen LogP contribution in [-0.4, -0.2) is 53.9 Å². The van der Waals surface area contributed by atoms with Crippen LogP contribution in [0.3, 0.4) is 0 Å². The standard InChI is InChI=1S/C32H39F3N4O3/c1-21-25-9-8-10-28(29(25)33)32(34,35)20-41-17-6-4-3-5-7-18-42-31-26-12-11-24(19-27(26)30(36-21)37-38-31)23-13-15-39(16-14-23)22(2)40/h8-12,19,21,23H,3-7,13-18,20H2,1-2H3,(H,36,37)/t21-/m1/s1. The number of halogens is 3. The van der Waals surface area contributed by atoms with Gasteiger partial charge in [-0.2, -0.15) is 8.78 Å². The van der Waals surface area contributed by atoms with Crippen LogP contribution < -0.4 is 10.1 Å². The normalized spacial score (nSPS) is 21.0. The number of carbonyl (C=O) groups is 1. The zero-order chi connectivity index (χ0) is 29.7. The Labute approximate surface area is 244 Å². The van der Waals surface area contributed by atoms with Crippen LogP contribution >= 0.6 is 0 Å². The molecule has 3 aromatic rings. The Hall–Kier alpha value is -3.40. The largest absolute Gasteiger partial charge is 0.476 e. The third-order valence-electron chi connectivity index (χ3n) is 8.38. The van der Waals surface area contributed by atoms with E-state index >= 15 is 13.2 Å². The maximum Gasteiger partial charge on any atom is 0.298 e. The first kappa shape index (κ1) is 30.1. The fraction of sp³-hybridized carbons (Fsp3) is 0.531. The van der Waals surface area contributed by atoms with Crippen LogP contribution in [0.2, 0.25) is 0 Å². The topological polar surface area (TPSA) is 76.6 Å². The van der Waals surface area contributed by atoms with Crippen molar-refractivity contribution in [2.24, 2.45) is 0 Å². The lowest BCUT2D eigenvalue weighted by Crippen LogP contribution is -2.36. The molecule has 2 aliphatic rings. The molecule has 42 heavy (non-hydrogen) atoms. The first-order chi connectivity index (χ1) is 20.2. The van der Waals surface area contributed by atoms with Crippen molar-refractivity contribution in [1.29, 1.82) is 0 Å². The van der Waals surface area contributed by atoms with Crippen LogP contribution in [0.5, 0.6) is 5.88 Å². The predicted octanol–water partition coefficient (Wildman–Crippen LogP) is 7.12. The van der Waals surface area contributed by atoms with E-state index in [0.29, 0.717) is 37.8 Å². The van der Waals surface area contributed by atoms with Gasteiger partial charge < -0.3 is 19.7 Å². The number of ether oxygens (including phenoxy) is 2. The number of benzene rings is 2. The lowest BCUT2D eigenvalue weighted by Gasteiger charge is -2.31. The Morgan fingerprint density at radius 3 is 2.50 bits per heavy atom. The third-order valence-corrected chi connectivity index (χ3v) is 8.38. The summed E-state index contributed by atoms with van der Waals surface area (Å²) in [7, 11) is 0. The summed E-state index contributed by atoms with van der Waals surface area (Å²) in [6.45, 7) is 4.54. The molecule has 2 aromatic carbocycles. The first-order valence-corrected chi connectivity index (χ1v) is 14.9. The van der Waals surface area contributed by atoms with E-state index in [1.54, 1.807) is 13.8 Å². The minimum absolute atomic E-state index is 0.0863. The summed E-state index contributed by atoms with van der Waals surface area (Å²) < 4.78 is 56.9. The number of hydrogen-bond donors (Lipinski definition) is 1. The number of carbonyl (C=O) groups excluding carboxylic acids is 1. The minimum Gasteiger partial charge on any atom is -0.476 e. The van der Waals surface area contributed by atoms with Gasteiger partial charge >= 0.3 is 0 Å². The number of nitrogens with zero attached hydrogens (tertiary/aromatic N) is 3. The highest BCUT2D eigenvalue weighted by atomic mass is 19.3. The van der Waals surface area contributed by atoms with Crippen LogP contribution in [0, 0.1) is 5.82 Å². The molecule has 1 saturated heterocycles. The van der Waals surface area contributed by atoms with Crippen molar-refractivity contribution in [3.8, 4) is 5.88 Å². The van der Waals surface area contributed by atoms with Gasteiger partial charge in [0, 0.05) is 43.0 Å². The number of likely N-dealkylation sites (tertiary alicyclic amines) is 1. The van der Waals surface area contributed by atoms with Crippen LogP contribution in [0.15, 0.2) is 36.4 Å². The number of piperidine rings is 1. The van der Waals surface area contributed by atoms with Crippen molar-refractivity contribution in [3.63, 3.8) is 0 Å². The summed E-state index contributed by atoms with van der Waals surface area (Å²) in [5.41, 5.74) is 0.536. The number of fused-ring (bicyclic) bond motifs is 8. The molecule has 226 valence electrons. The van der Waals surface area contributed by atoms with E-state index in [9.17, 15) is 4.79 Å². The van der Waals surface area contributed by atoms with Gasteiger partial charge in [-0.1, -0.05) is 37.5 Å². The van der Waals surface area contributed by atoms with Gasteiger partial charge in [0.25, 0.3) is 5.92 Å². The van der Waals surface area contributed by atoms with Gasteiger partial charge in [0.1, 0.15) is 12.4 Å². The van der Waals surface area contributed by atoms with E-state index in [-0.39, 0.29) is 24.0 Å². The summed E-state index contributed by atoms with van der Waals surface area (Å²) in [5.74, 6) is -3.22. The zero-order valence-electron chi connectivity index (χ0n) is 24.3. The molecule has 0 radical (unpaired) electrons. The summed E-state index contributed by atoms with van der Waals surface area (Å²) >= 11 is 0. The van der Waals surface area contributed by atoms with Crippen molar-refractivity contribution in [2.45, 2.75) is 76.7 Å². The molecule has 3 heterocycles. The molecular formula is C32H39F3N4O3. The number of nitrogens with one attached hydrogen (secondary N) is 1. The second-order valence-electron chi connectivity index (χ2n) is 11.4. The number of rotatable bonds is 1. The minimum atomic E-state index is -3.46. The van der Waals surface area contributed by atoms with Crippen molar-refractivity contribution in [2.75, 3.05) is 38.2 Å². The average Bonchev–Trinajstić information content (AvgIpc) is 2.98. The van der Waals surface area contributed by atoms with E-state index in [1.165, 1.54) is 12.1 Å². The van der Waals surface area contributed by atoms with E-state index in [0.717, 1.165) is 60.9 Å². The first-order valence-electron chi connectivity index (χ1n) is 14.9. The predicted molar refractivity (Wildman–Crippen MR) is 155 cm³/mol. The van der Waals surface area contributed by atoms with Gasteiger partial charge in [-0.3, -0.25) is 4.79 Å². The highest BCUT2D eigenvalue weighted by Gasteiger charge is 2.36. The van der Waals surface area contributed by atoms with Crippen LogP contribution in [0.4, 0.5) is 19.0 Å². The quantitative estimate of drug-likeness (QED) is 0.328. The van der Waals surface area contributed by atoms with Gasteiger partial charge in [-0.25, -0.2) is 4.39 Å². The molecule has 1 aromatic heterocycles. The molecule has 7 nitrogen and oxygen atoms in total. The Morgan fingerprint density at radius 1 is 1.00 bits per heavy atom. The molecule has 0 unspecified atom stereocenters. The third kappa shape index (κ3) is 6.80. The van der Waals surface area contributed by atoms with Gasteiger partial charge in [0.2, 0.25) is 11.8 Å². The molecule has 0 aliphatic carbocycles. The van der Waals surface area contributed by atoms with Crippen molar-refractivity contribution in [3.05, 3.63) is 58.9 Å². The van der Waals surface area contributed by atoms with Crippen molar-refractivity contribution >= 4 is 22.5 Å². The maximum atomic E-state index is 15.6. The van der Waals surface area contributed by atoms with E-state index in [4.69, 9.17) is 9.47 Å². The molecule has 2 aliphatic heterocycles. The van der Waals surface area contributed by atoms with Gasteiger partial charge in [-0.15, -0.1) is 10.2 Å². The van der Waals surface area contributed by atoms with Crippen molar-refractivity contribution in [1.82, 2.24) is 15.1 Å². The fourth-order valence-electron chi connectivity index (χ4n) is 5.88. The smallest absolute Gasteiger partial charge is 0.298 e. The second kappa shape index (κ2) is 13.3. The van der Waals surface area contributed by atoms with Crippen LogP contribution in [0.1, 0.15) is 87.4 Å². The monoisotopic (exact) mass is 584 g/mol. The fourth-order valence-corrected chi connectivity index (χ4v) is 5.88. The summed E-state index contributed by atoms with van der Waals surface area (Å²) in [4.78, 5) is 13.7. The Bertz CT molecular complexity index is 1390. The number of alkyl halides is 2. The SMILES string of the molecule is CC(=O)N1CCC(c2ccc3c4nnc(c3c2)N[C@H](C)c2cccc(c2F)C(F)(F)COCCCCCCCO4)CC1. The Morgan fingerprint density at radius 2 is 1.74 bits per heavy atom. The molecule has 1 atom stereocenters. The van der Waals surface area contributed by atoms with Crippen LogP contribution in [0.25, 0.3) is 10.8 Å². The maximum absolute atomic E-state index is 15.6. The van der Waals surface area contributed by atoms with Gasteiger partial charge in [0.05, 0.1) is 18.2 Å². The summed E-state index contributed by atoms with van der Waals surface area (Å²) in [5, 5.41) is 13.5. The molecule has 0 spiro atoms. The molecule has 1 fully saturated rings. The lowest BCUT2D eigenvalue weighted by atomic mass is 9.88. The summed E-state index contributed by atoms with van der Waals surface area (Å²) in [6.07, 6.45) is 5.90. The Balaban J connectivity index is 1.50. The highest BCUT2D eigenvalue weighted by molar-refractivity contribution is 5.95. The molecule has 10 heteroatoms. The van der Waals surface area contributed by atoms with Gasteiger partial charge in [-0.05, 0) is 62.3 Å². The number of anilines is 1. The lowest BCUT2D eigenvalue weighted by molar-refractivity contribution is -0.129. The van der Waals surface area contributed by atoms with E-state index in [1.807, 2.05) is 11.0 Å². The zero-order valence-corrected chi connectivity index (χ0v) is 24.3. The molecule has 5 rings (SSSR count). The highest BCUT2D eigenvalue weighted by Crippen LogP contribution is 2.37. The molecule has 1 N–H and O–H groups in total. The van der Waals surface area contributed by atoms with E-state index < -0.39 is 30.0 Å².